The maximum Gasteiger partial charge on any atom is 0.254 e. The Hall–Kier alpha value is -2.70. The van der Waals surface area contributed by atoms with Crippen LogP contribution in [0.5, 0.6) is 0 Å². The maximum absolute atomic E-state index is 13.7. The molecule has 0 radical (unpaired) electrons. The van der Waals surface area contributed by atoms with Crippen LogP contribution in [0.15, 0.2) is 48.5 Å². The number of hydrogen-bond acceptors (Lipinski definition) is 4. The zero-order valence-corrected chi connectivity index (χ0v) is 18.7. The normalized spacial score (nSPS) is 20.3. The number of carbonyl (C=O) groups excluding carboxylic acids is 2. The summed E-state index contributed by atoms with van der Waals surface area (Å²) in [6, 6.07) is 15.2. The average molecular weight is 425 g/mol. The van der Waals surface area contributed by atoms with E-state index in [1.165, 1.54) is 6.92 Å². The van der Waals surface area contributed by atoms with Gasteiger partial charge in [-0.05, 0) is 29.7 Å². The van der Waals surface area contributed by atoms with Crippen LogP contribution in [0.2, 0.25) is 0 Å². The van der Waals surface area contributed by atoms with Gasteiger partial charge in [-0.3, -0.25) is 9.59 Å². The highest BCUT2D eigenvalue weighted by Crippen LogP contribution is 2.31. The molecule has 6 nitrogen and oxygen atoms in total. The summed E-state index contributed by atoms with van der Waals surface area (Å²) in [4.78, 5) is 28.9. The Balaban J connectivity index is 2.10. The lowest BCUT2D eigenvalue weighted by Gasteiger charge is -2.35. The number of aliphatic hydroxyl groups excluding tert-OH is 1. The van der Waals surface area contributed by atoms with Gasteiger partial charge in [0.15, 0.2) is 0 Å². The fourth-order valence-electron chi connectivity index (χ4n) is 3.95. The Morgan fingerprint density at radius 3 is 2.42 bits per heavy atom. The molecule has 0 saturated heterocycles. The molecule has 2 aromatic carbocycles. The topological polar surface area (TPSA) is 70.1 Å². The van der Waals surface area contributed by atoms with Crippen molar-refractivity contribution in [1.82, 2.24) is 9.80 Å². The molecular weight excluding hydrogens is 392 g/mol. The molecule has 1 aliphatic heterocycles. The van der Waals surface area contributed by atoms with Crippen LogP contribution >= 0.6 is 0 Å². The van der Waals surface area contributed by atoms with Crippen molar-refractivity contribution in [2.24, 2.45) is 5.92 Å². The van der Waals surface area contributed by atoms with Crippen molar-refractivity contribution in [3.8, 4) is 11.1 Å². The van der Waals surface area contributed by atoms with E-state index in [0.717, 1.165) is 16.7 Å². The maximum atomic E-state index is 13.7. The van der Waals surface area contributed by atoms with Crippen molar-refractivity contribution in [3.63, 3.8) is 0 Å². The van der Waals surface area contributed by atoms with Crippen LogP contribution in [0.4, 0.5) is 0 Å². The molecule has 0 fully saturated rings. The number of rotatable bonds is 4. The highest BCUT2D eigenvalue weighted by molar-refractivity contribution is 6.01. The SMILES string of the molecule is CC(=O)N(C)C[C@@H]1OCc2ccccc2-c2ccccc2C(=O)N([C@H](C)CO)C[C@@H]1C. The Kier molecular flexibility index (Phi) is 7.46. The van der Waals surface area contributed by atoms with Crippen molar-refractivity contribution in [3.05, 3.63) is 59.7 Å². The average Bonchev–Trinajstić information content (AvgIpc) is 2.79. The summed E-state index contributed by atoms with van der Waals surface area (Å²) in [6.07, 6.45) is -0.260. The lowest BCUT2D eigenvalue weighted by atomic mass is 9.94. The Labute approximate surface area is 184 Å². The summed E-state index contributed by atoms with van der Waals surface area (Å²) < 4.78 is 6.35. The van der Waals surface area contributed by atoms with Gasteiger partial charge in [0.25, 0.3) is 5.91 Å². The molecule has 1 heterocycles. The number of benzene rings is 2. The second-order valence-electron chi connectivity index (χ2n) is 8.42. The first-order valence-corrected chi connectivity index (χ1v) is 10.8. The fraction of sp³-hybridized carbons (Fsp3) is 0.440. The zero-order chi connectivity index (χ0) is 22.5. The largest absolute Gasteiger partial charge is 0.394 e. The number of fused-ring (bicyclic) bond motifs is 3. The molecule has 1 aliphatic rings. The molecular formula is C25H32N2O4. The molecule has 6 heteroatoms. The van der Waals surface area contributed by atoms with Gasteiger partial charge in [-0.2, -0.15) is 0 Å². The van der Waals surface area contributed by atoms with Gasteiger partial charge in [-0.25, -0.2) is 0 Å². The Morgan fingerprint density at radius 1 is 1.16 bits per heavy atom. The molecule has 0 aliphatic carbocycles. The van der Waals surface area contributed by atoms with Crippen LogP contribution < -0.4 is 0 Å². The van der Waals surface area contributed by atoms with E-state index >= 15 is 0 Å². The van der Waals surface area contributed by atoms with Crippen molar-refractivity contribution < 1.29 is 19.4 Å². The van der Waals surface area contributed by atoms with Crippen molar-refractivity contribution in [1.29, 1.82) is 0 Å². The molecule has 1 N–H and O–H groups in total. The number of carbonyl (C=O) groups is 2. The predicted molar refractivity (Wildman–Crippen MR) is 121 cm³/mol. The van der Waals surface area contributed by atoms with Crippen molar-refractivity contribution >= 4 is 11.8 Å². The van der Waals surface area contributed by atoms with E-state index in [1.807, 2.05) is 62.4 Å². The van der Waals surface area contributed by atoms with Crippen LogP contribution in [-0.4, -0.2) is 65.6 Å². The van der Waals surface area contributed by atoms with Gasteiger partial charge in [-0.1, -0.05) is 49.4 Å². The van der Waals surface area contributed by atoms with E-state index in [4.69, 9.17) is 4.74 Å². The van der Waals surface area contributed by atoms with E-state index < -0.39 is 0 Å². The van der Waals surface area contributed by atoms with E-state index in [0.29, 0.717) is 25.3 Å². The third-order valence-corrected chi connectivity index (χ3v) is 6.09. The van der Waals surface area contributed by atoms with Crippen LogP contribution in [0, 0.1) is 5.92 Å². The minimum absolute atomic E-state index is 0.0328. The predicted octanol–water partition coefficient (Wildman–Crippen LogP) is 3.19. The second kappa shape index (κ2) is 10.1. The van der Waals surface area contributed by atoms with Crippen LogP contribution in [0.1, 0.15) is 36.7 Å². The summed E-state index contributed by atoms with van der Waals surface area (Å²) in [6.45, 7) is 6.51. The van der Waals surface area contributed by atoms with Gasteiger partial charge in [0.1, 0.15) is 0 Å². The molecule has 2 amide bonds. The van der Waals surface area contributed by atoms with E-state index in [9.17, 15) is 14.7 Å². The lowest BCUT2D eigenvalue weighted by Crippen LogP contribution is -2.47. The first-order valence-electron chi connectivity index (χ1n) is 10.8. The third kappa shape index (κ3) is 5.14. The van der Waals surface area contributed by atoms with E-state index in [-0.39, 0.29) is 36.5 Å². The van der Waals surface area contributed by atoms with Crippen LogP contribution in [0.3, 0.4) is 0 Å². The number of amides is 2. The Bertz CT molecular complexity index is 929. The number of nitrogens with zero attached hydrogens (tertiary/aromatic N) is 2. The summed E-state index contributed by atoms with van der Waals surface area (Å²) >= 11 is 0. The number of aliphatic hydroxyl groups is 1. The van der Waals surface area contributed by atoms with Crippen molar-refractivity contribution in [2.75, 3.05) is 26.7 Å². The van der Waals surface area contributed by atoms with Gasteiger partial charge in [0.2, 0.25) is 5.91 Å². The lowest BCUT2D eigenvalue weighted by molar-refractivity contribution is -0.130. The first kappa shape index (κ1) is 23.0. The molecule has 31 heavy (non-hydrogen) atoms. The summed E-state index contributed by atoms with van der Waals surface area (Å²) in [5.41, 5.74) is 3.42. The first-order chi connectivity index (χ1) is 14.8. The highest BCUT2D eigenvalue weighted by Gasteiger charge is 2.30. The zero-order valence-electron chi connectivity index (χ0n) is 18.7. The van der Waals surface area contributed by atoms with Gasteiger partial charge in [0, 0.05) is 38.5 Å². The third-order valence-electron chi connectivity index (χ3n) is 6.09. The van der Waals surface area contributed by atoms with Crippen LogP contribution in [0.25, 0.3) is 11.1 Å². The summed E-state index contributed by atoms with van der Waals surface area (Å²) in [7, 11) is 1.76. The molecule has 0 saturated carbocycles. The molecule has 0 unspecified atom stereocenters. The quantitative estimate of drug-likeness (QED) is 0.818. The highest BCUT2D eigenvalue weighted by atomic mass is 16.5. The standard InChI is InChI=1S/C25H32N2O4/c1-17-13-27(18(2)15-28)25(30)23-12-8-7-11-22(23)21-10-6-5-9-20(21)16-31-24(17)14-26(4)19(3)29/h5-12,17-18,24,28H,13-16H2,1-4H3/t17-,18+,24-/m0/s1. The smallest absolute Gasteiger partial charge is 0.254 e. The molecule has 0 bridgehead atoms. The minimum atomic E-state index is -0.342. The number of hydrogen-bond donors (Lipinski definition) is 1. The van der Waals surface area contributed by atoms with E-state index in [2.05, 4.69) is 0 Å². The van der Waals surface area contributed by atoms with Gasteiger partial charge < -0.3 is 19.6 Å². The van der Waals surface area contributed by atoms with Gasteiger partial charge >= 0.3 is 0 Å². The molecule has 3 atom stereocenters. The van der Waals surface area contributed by atoms with E-state index in [1.54, 1.807) is 16.8 Å². The summed E-state index contributed by atoms with van der Waals surface area (Å²) in [5, 5.41) is 9.85. The van der Waals surface area contributed by atoms with Crippen LogP contribution in [-0.2, 0) is 16.1 Å². The molecule has 0 aromatic heterocycles. The molecule has 0 spiro atoms. The van der Waals surface area contributed by atoms with Gasteiger partial charge in [0.05, 0.1) is 25.4 Å². The molecule has 2 aromatic rings. The summed E-state index contributed by atoms with van der Waals surface area (Å²) in [5.74, 6) is -0.189. The fourth-order valence-corrected chi connectivity index (χ4v) is 3.95. The van der Waals surface area contributed by atoms with Crippen molar-refractivity contribution in [2.45, 2.75) is 39.5 Å². The second-order valence-corrected chi connectivity index (χ2v) is 8.42. The Morgan fingerprint density at radius 2 is 1.77 bits per heavy atom. The minimum Gasteiger partial charge on any atom is -0.394 e. The van der Waals surface area contributed by atoms with Gasteiger partial charge in [-0.15, -0.1) is 0 Å². The molecule has 166 valence electrons. The number of likely N-dealkylation sites (N-methyl/N-ethyl adjacent to an activating group) is 1. The molecule has 3 rings (SSSR count). The number of ether oxygens (including phenoxy) is 1. The monoisotopic (exact) mass is 424 g/mol.